The zero-order valence-electron chi connectivity index (χ0n) is 10.9. The van der Waals surface area contributed by atoms with Crippen LogP contribution in [-0.2, 0) is 9.53 Å². The van der Waals surface area contributed by atoms with Gasteiger partial charge in [0.05, 0.1) is 10.5 Å². The SMILES string of the molecule is Cc1cc(S[C@H]2C[C@H](C)OC2=O)nc2ccccc12. The highest BCUT2D eigenvalue weighted by Crippen LogP contribution is 2.32. The molecule has 0 radical (unpaired) electrons. The van der Waals surface area contributed by atoms with Crippen molar-refractivity contribution in [3.8, 4) is 0 Å². The zero-order valence-corrected chi connectivity index (χ0v) is 11.7. The molecule has 0 saturated carbocycles. The Morgan fingerprint density at radius 2 is 2.16 bits per heavy atom. The first-order chi connectivity index (χ1) is 9.13. The van der Waals surface area contributed by atoms with Gasteiger partial charge in [-0.15, -0.1) is 0 Å². The number of aryl methyl sites for hydroxylation is 1. The summed E-state index contributed by atoms with van der Waals surface area (Å²) in [6.45, 7) is 4.00. The van der Waals surface area contributed by atoms with Crippen LogP contribution in [0.2, 0.25) is 0 Å². The minimum absolute atomic E-state index is 0.0200. The first-order valence-corrected chi connectivity index (χ1v) is 7.25. The summed E-state index contributed by atoms with van der Waals surface area (Å²) in [7, 11) is 0. The summed E-state index contributed by atoms with van der Waals surface area (Å²) in [4.78, 5) is 16.3. The van der Waals surface area contributed by atoms with Crippen LogP contribution in [-0.4, -0.2) is 22.3 Å². The molecule has 3 rings (SSSR count). The number of hydrogen-bond donors (Lipinski definition) is 0. The van der Waals surface area contributed by atoms with Crippen molar-refractivity contribution >= 4 is 28.6 Å². The maximum absolute atomic E-state index is 11.7. The van der Waals surface area contributed by atoms with E-state index < -0.39 is 0 Å². The molecule has 0 amide bonds. The second kappa shape index (κ2) is 4.85. The number of ether oxygens (including phenoxy) is 1. The van der Waals surface area contributed by atoms with Crippen LogP contribution in [0.5, 0.6) is 0 Å². The molecule has 1 fully saturated rings. The predicted octanol–water partition coefficient (Wildman–Crippen LogP) is 3.34. The van der Waals surface area contributed by atoms with Crippen molar-refractivity contribution in [1.82, 2.24) is 4.98 Å². The highest BCUT2D eigenvalue weighted by atomic mass is 32.2. The molecule has 2 aromatic rings. The molecule has 1 saturated heterocycles. The Bertz CT molecular complexity index is 641. The average molecular weight is 273 g/mol. The molecule has 0 spiro atoms. The summed E-state index contributed by atoms with van der Waals surface area (Å²) in [5.74, 6) is -0.120. The van der Waals surface area contributed by atoms with Gasteiger partial charge in [0.1, 0.15) is 11.4 Å². The molecular formula is C15H15NO2S. The van der Waals surface area contributed by atoms with Gasteiger partial charge in [-0.25, -0.2) is 4.98 Å². The largest absolute Gasteiger partial charge is 0.462 e. The fourth-order valence-electron chi connectivity index (χ4n) is 2.34. The molecule has 1 aliphatic rings. The highest BCUT2D eigenvalue weighted by Gasteiger charge is 2.33. The van der Waals surface area contributed by atoms with E-state index in [0.717, 1.165) is 22.3 Å². The molecule has 1 aromatic heterocycles. The third kappa shape index (κ3) is 2.45. The molecule has 4 heteroatoms. The maximum atomic E-state index is 11.7. The molecule has 0 N–H and O–H groups in total. The monoisotopic (exact) mass is 273 g/mol. The summed E-state index contributed by atoms with van der Waals surface area (Å²) < 4.78 is 5.18. The van der Waals surface area contributed by atoms with Gasteiger partial charge in [0, 0.05) is 11.8 Å². The first kappa shape index (κ1) is 12.5. The van der Waals surface area contributed by atoms with E-state index in [2.05, 4.69) is 18.0 Å². The number of carbonyl (C=O) groups is 1. The summed E-state index contributed by atoms with van der Waals surface area (Å²) >= 11 is 1.51. The molecule has 0 aliphatic carbocycles. The lowest BCUT2D eigenvalue weighted by Crippen LogP contribution is -2.09. The number of thioether (sulfide) groups is 1. The molecule has 2 heterocycles. The van der Waals surface area contributed by atoms with E-state index in [1.807, 2.05) is 31.2 Å². The topological polar surface area (TPSA) is 39.2 Å². The van der Waals surface area contributed by atoms with Gasteiger partial charge in [0.2, 0.25) is 0 Å². The van der Waals surface area contributed by atoms with E-state index in [-0.39, 0.29) is 17.3 Å². The molecular weight excluding hydrogens is 258 g/mol. The Kier molecular flexibility index (Phi) is 3.19. The molecule has 1 aliphatic heterocycles. The number of pyridine rings is 1. The van der Waals surface area contributed by atoms with Crippen molar-refractivity contribution in [1.29, 1.82) is 0 Å². The van der Waals surface area contributed by atoms with Gasteiger partial charge in [-0.1, -0.05) is 30.0 Å². The number of aromatic nitrogens is 1. The quantitative estimate of drug-likeness (QED) is 0.787. The first-order valence-electron chi connectivity index (χ1n) is 6.37. The second-order valence-corrected chi connectivity index (χ2v) is 6.11. The van der Waals surface area contributed by atoms with Gasteiger partial charge in [-0.2, -0.15) is 0 Å². The van der Waals surface area contributed by atoms with Crippen LogP contribution in [0.1, 0.15) is 18.9 Å². The summed E-state index contributed by atoms with van der Waals surface area (Å²) in [6, 6.07) is 10.1. The van der Waals surface area contributed by atoms with Gasteiger partial charge in [0.15, 0.2) is 0 Å². The van der Waals surface area contributed by atoms with E-state index in [9.17, 15) is 4.79 Å². The lowest BCUT2D eigenvalue weighted by molar-refractivity contribution is -0.140. The maximum Gasteiger partial charge on any atom is 0.319 e. The van der Waals surface area contributed by atoms with Crippen LogP contribution >= 0.6 is 11.8 Å². The van der Waals surface area contributed by atoms with Crippen molar-refractivity contribution in [3.05, 3.63) is 35.9 Å². The Hall–Kier alpha value is -1.55. The van der Waals surface area contributed by atoms with Crippen molar-refractivity contribution in [2.45, 2.75) is 36.6 Å². The van der Waals surface area contributed by atoms with E-state index in [1.54, 1.807) is 0 Å². The van der Waals surface area contributed by atoms with Gasteiger partial charge in [0.25, 0.3) is 0 Å². The number of rotatable bonds is 2. The van der Waals surface area contributed by atoms with E-state index in [1.165, 1.54) is 17.3 Å². The van der Waals surface area contributed by atoms with Crippen LogP contribution in [0.3, 0.4) is 0 Å². The molecule has 19 heavy (non-hydrogen) atoms. The predicted molar refractivity (Wildman–Crippen MR) is 76.3 cm³/mol. The summed E-state index contributed by atoms with van der Waals surface area (Å²) in [5.41, 5.74) is 2.16. The Morgan fingerprint density at radius 1 is 1.37 bits per heavy atom. The van der Waals surface area contributed by atoms with Crippen LogP contribution in [0.15, 0.2) is 35.4 Å². The van der Waals surface area contributed by atoms with Crippen LogP contribution in [0, 0.1) is 6.92 Å². The number of nitrogens with zero attached hydrogens (tertiary/aromatic N) is 1. The number of benzene rings is 1. The van der Waals surface area contributed by atoms with Gasteiger partial charge < -0.3 is 4.74 Å². The van der Waals surface area contributed by atoms with E-state index in [4.69, 9.17) is 4.74 Å². The van der Waals surface area contributed by atoms with Crippen molar-refractivity contribution in [2.24, 2.45) is 0 Å². The molecule has 0 bridgehead atoms. The second-order valence-electron chi connectivity index (χ2n) is 4.88. The van der Waals surface area contributed by atoms with Crippen LogP contribution < -0.4 is 0 Å². The number of esters is 1. The Labute approximate surface area is 116 Å². The van der Waals surface area contributed by atoms with Crippen molar-refractivity contribution in [2.75, 3.05) is 0 Å². The van der Waals surface area contributed by atoms with Crippen LogP contribution in [0.4, 0.5) is 0 Å². The van der Waals surface area contributed by atoms with Crippen LogP contribution in [0.25, 0.3) is 10.9 Å². The summed E-state index contributed by atoms with van der Waals surface area (Å²) in [5, 5.41) is 1.93. The number of fused-ring (bicyclic) bond motifs is 1. The number of carbonyl (C=O) groups excluding carboxylic acids is 1. The van der Waals surface area contributed by atoms with E-state index in [0.29, 0.717) is 0 Å². The Morgan fingerprint density at radius 3 is 2.89 bits per heavy atom. The molecule has 0 unspecified atom stereocenters. The molecule has 98 valence electrons. The Balaban J connectivity index is 1.91. The minimum atomic E-state index is -0.122. The molecule has 2 atom stereocenters. The van der Waals surface area contributed by atoms with Crippen molar-refractivity contribution < 1.29 is 9.53 Å². The highest BCUT2D eigenvalue weighted by molar-refractivity contribution is 8.00. The number of hydrogen-bond acceptors (Lipinski definition) is 4. The fourth-order valence-corrected chi connectivity index (χ4v) is 3.55. The fraction of sp³-hybridized carbons (Fsp3) is 0.333. The third-order valence-corrected chi connectivity index (χ3v) is 4.41. The van der Waals surface area contributed by atoms with Gasteiger partial charge in [-0.3, -0.25) is 4.79 Å². The smallest absolute Gasteiger partial charge is 0.319 e. The molecule has 1 aromatic carbocycles. The van der Waals surface area contributed by atoms with Crippen molar-refractivity contribution in [3.63, 3.8) is 0 Å². The molecule has 3 nitrogen and oxygen atoms in total. The van der Waals surface area contributed by atoms with E-state index >= 15 is 0 Å². The van der Waals surface area contributed by atoms with Gasteiger partial charge in [-0.05, 0) is 31.5 Å². The van der Waals surface area contributed by atoms with Gasteiger partial charge >= 0.3 is 5.97 Å². The zero-order chi connectivity index (χ0) is 13.4. The average Bonchev–Trinajstić information content (AvgIpc) is 2.68. The summed E-state index contributed by atoms with van der Waals surface area (Å²) in [6.07, 6.45) is 0.781. The lowest BCUT2D eigenvalue weighted by atomic mass is 10.1. The number of para-hydroxylation sites is 1. The normalized spacial score (nSPS) is 22.7. The minimum Gasteiger partial charge on any atom is -0.462 e. The third-order valence-electron chi connectivity index (χ3n) is 3.29. The standard InChI is InChI=1S/C15H15NO2S/c1-9-7-14(16-12-6-4-3-5-11(9)12)19-13-8-10(2)18-15(13)17/h3-7,10,13H,8H2,1-2H3/t10-,13-/m0/s1. The number of cyclic esters (lactones) is 1. The lowest BCUT2D eigenvalue weighted by Gasteiger charge is -2.08.